The molecule has 0 aliphatic carbocycles. The third-order valence-corrected chi connectivity index (χ3v) is 8.96. The Hall–Kier alpha value is -3.46. The number of aromatic nitrogens is 3. The Balaban J connectivity index is 1.43. The van der Waals surface area contributed by atoms with Crippen molar-refractivity contribution < 1.29 is 13.5 Å². The standard InChI is InChI=1S/C25H21F2N7OS/c1-33-4-2-3-25(33)10-34(11-25)24-31-6-13-14-8-35-9-15(14)17(19(27)20(13)32-24)21-18-12(5-28)23(29)36-22(18)16(26)7-30-21/h6-7H,2-4,8-11,29H2,1H3. The zero-order chi connectivity index (χ0) is 24.8. The third kappa shape index (κ3) is 2.80. The van der Waals surface area contributed by atoms with Gasteiger partial charge < -0.3 is 15.4 Å². The lowest BCUT2D eigenvalue weighted by Crippen LogP contribution is -2.67. The second kappa shape index (κ2) is 7.52. The van der Waals surface area contributed by atoms with E-state index in [1.807, 2.05) is 6.07 Å². The molecule has 2 fully saturated rings. The number of nitrogens with two attached hydrogens (primary N) is 1. The van der Waals surface area contributed by atoms with Crippen molar-refractivity contribution in [2.24, 2.45) is 0 Å². The van der Waals surface area contributed by atoms with Crippen LogP contribution in [0, 0.1) is 23.0 Å². The molecule has 2 saturated heterocycles. The van der Waals surface area contributed by atoms with Gasteiger partial charge in [0.25, 0.3) is 0 Å². The molecule has 1 spiro atoms. The number of nitrogen functional groups attached to an aromatic ring is 1. The van der Waals surface area contributed by atoms with Crippen molar-refractivity contribution in [2.45, 2.75) is 31.6 Å². The average Bonchev–Trinajstić information content (AvgIpc) is 3.56. The van der Waals surface area contributed by atoms with E-state index in [9.17, 15) is 9.65 Å². The summed E-state index contributed by atoms with van der Waals surface area (Å²) in [6.07, 6.45) is 5.01. The first-order valence-electron chi connectivity index (χ1n) is 11.7. The van der Waals surface area contributed by atoms with Crippen LogP contribution in [0.4, 0.5) is 19.7 Å². The summed E-state index contributed by atoms with van der Waals surface area (Å²) in [4.78, 5) is 18.0. The largest absolute Gasteiger partial charge is 0.389 e. The van der Waals surface area contributed by atoms with Gasteiger partial charge in [0.05, 0.1) is 40.9 Å². The smallest absolute Gasteiger partial charge is 0.226 e. The minimum atomic E-state index is -0.603. The van der Waals surface area contributed by atoms with Crippen molar-refractivity contribution in [2.75, 3.05) is 37.3 Å². The molecule has 182 valence electrons. The van der Waals surface area contributed by atoms with Gasteiger partial charge in [0.15, 0.2) is 11.6 Å². The van der Waals surface area contributed by atoms with Crippen LogP contribution in [0.3, 0.4) is 0 Å². The summed E-state index contributed by atoms with van der Waals surface area (Å²) in [6.45, 7) is 3.13. The molecule has 0 amide bonds. The summed E-state index contributed by atoms with van der Waals surface area (Å²) in [7, 11) is 2.14. The predicted octanol–water partition coefficient (Wildman–Crippen LogP) is 3.95. The number of anilines is 2. The molecule has 4 aromatic rings. The first-order valence-corrected chi connectivity index (χ1v) is 12.5. The van der Waals surface area contributed by atoms with E-state index >= 15 is 4.39 Å². The molecule has 2 N–H and O–H groups in total. The maximum Gasteiger partial charge on any atom is 0.226 e. The maximum atomic E-state index is 16.4. The van der Waals surface area contributed by atoms with Crippen LogP contribution in [0.2, 0.25) is 0 Å². The summed E-state index contributed by atoms with van der Waals surface area (Å²) in [5.74, 6) is -0.707. The van der Waals surface area contributed by atoms with Gasteiger partial charge in [-0.1, -0.05) is 0 Å². The van der Waals surface area contributed by atoms with Crippen LogP contribution in [0.1, 0.15) is 29.5 Å². The van der Waals surface area contributed by atoms with Crippen LogP contribution in [0.15, 0.2) is 12.4 Å². The Bertz CT molecular complexity index is 1640. The van der Waals surface area contributed by atoms with Crippen molar-refractivity contribution in [3.8, 4) is 17.3 Å². The highest BCUT2D eigenvalue weighted by Gasteiger charge is 2.49. The summed E-state index contributed by atoms with van der Waals surface area (Å²) in [5, 5.41) is 10.7. The van der Waals surface area contributed by atoms with Crippen molar-refractivity contribution in [1.29, 1.82) is 5.26 Å². The van der Waals surface area contributed by atoms with Crippen LogP contribution < -0.4 is 10.6 Å². The van der Waals surface area contributed by atoms with Gasteiger partial charge >= 0.3 is 0 Å². The van der Waals surface area contributed by atoms with Crippen molar-refractivity contribution >= 4 is 43.3 Å². The number of rotatable bonds is 2. The summed E-state index contributed by atoms with van der Waals surface area (Å²) < 4.78 is 36.9. The van der Waals surface area contributed by atoms with Gasteiger partial charge in [-0.3, -0.25) is 9.88 Å². The van der Waals surface area contributed by atoms with Crippen LogP contribution in [0.5, 0.6) is 0 Å². The number of likely N-dealkylation sites (tertiary alicyclic amines) is 1. The number of thiophene rings is 1. The highest BCUT2D eigenvalue weighted by Crippen LogP contribution is 2.45. The second-order valence-electron chi connectivity index (χ2n) is 9.79. The topological polar surface area (TPSA) is 104 Å². The number of pyridine rings is 1. The number of hydrogen-bond donors (Lipinski definition) is 1. The number of ether oxygens (including phenoxy) is 1. The summed E-state index contributed by atoms with van der Waals surface area (Å²) in [5.41, 5.74) is 8.16. The fourth-order valence-electron chi connectivity index (χ4n) is 5.97. The predicted molar refractivity (Wildman–Crippen MR) is 132 cm³/mol. The average molecular weight is 506 g/mol. The monoisotopic (exact) mass is 505 g/mol. The zero-order valence-electron chi connectivity index (χ0n) is 19.4. The molecule has 0 radical (unpaired) electrons. The molecule has 3 aliphatic heterocycles. The number of benzene rings is 1. The molecule has 0 unspecified atom stereocenters. The van der Waals surface area contributed by atoms with Gasteiger partial charge in [-0.25, -0.2) is 18.7 Å². The third-order valence-electron chi connectivity index (χ3n) is 7.93. The molecule has 0 atom stereocenters. The van der Waals surface area contributed by atoms with E-state index in [2.05, 4.69) is 31.8 Å². The van der Waals surface area contributed by atoms with E-state index in [1.165, 1.54) is 6.42 Å². The van der Waals surface area contributed by atoms with Crippen LogP contribution >= 0.6 is 11.3 Å². The molecule has 0 bridgehead atoms. The van der Waals surface area contributed by atoms with Crippen LogP contribution in [-0.4, -0.2) is 52.1 Å². The lowest BCUT2D eigenvalue weighted by atomic mass is 9.87. The van der Waals surface area contributed by atoms with Gasteiger partial charge in [0.2, 0.25) is 5.95 Å². The summed E-state index contributed by atoms with van der Waals surface area (Å²) in [6, 6.07) is 2.04. The molecule has 11 heteroatoms. The molecule has 6 heterocycles. The Kier molecular flexibility index (Phi) is 4.55. The maximum absolute atomic E-state index is 16.4. The van der Waals surface area contributed by atoms with Gasteiger partial charge in [-0.2, -0.15) is 5.26 Å². The fourth-order valence-corrected chi connectivity index (χ4v) is 6.89. The Morgan fingerprint density at radius 1 is 1.19 bits per heavy atom. The van der Waals surface area contributed by atoms with Crippen molar-refractivity contribution in [3.63, 3.8) is 0 Å². The van der Waals surface area contributed by atoms with Gasteiger partial charge in [-0.15, -0.1) is 11.3 Å². The molecule has 0 saturated carbocycles. The van der Waals surface area contributed by atoms with E-state index in [0.29, 0.717) is 16.9 Å². The number of likely N-dealkylation sites (N-methyl/N-ethyl adjacent to an activating group) is 1. The van der Waals surface area contributed by atoms with Crippen molar-refractivity contribution in [3.05, 3.63) is 40.7 Å². The lowest BCUT2D eigenvalue weighted by molar-refractivity contribution is 0.132. The molecule has 36 heavy (non-hydrogen) atoms. The molecular formula is C25H21F2N7OS. The van der Waals surface area contributed by atoms with E-state index in [4.69, 9.17) is 10.5 Å². The lowest BCUT2D eigenvalue weighted by Gasteiger charge is -2.51. The van der Waals surface area contributed by atoms with Crippen molar-refractivity contribution in [1.82, 2.24) is 19.9 Å². The number of hydrogen-bond acceptors (Lipinski definition) is 9. The molecule has 7 rings (SSSR count). The van der Waals surface area contributed by atoms with E-state index in [0.717, 1.165) is 49.2 Å². The Morgan fingerprint density at radius 3 is 2.75 bits per heavy atom. The Morgan fingerprint density at radius 2 is 2.00 bits per heavy atom. The quantitative estimate of drug-likeness (QED) is 0.437. The number of halogens is 2. The van der Waals surface area contributed by atoms with Gasteiger partial charge in [-0.05, 0) is 37.6 Å². The normalized spacial score (nSPS) is 18.8. The molecular weight excluding hydrogens is 484 g/mol. The fraction of sp³-hybridized carbons (Fsp3) is 0.360. The van der Waals surface area contributed by atoms with Crippen LogP contribution in [-0.2, 0) is 18.0 Å². The van der Waals surface area contributed by atoms with E-state index in [-0.39, 0.29) is 56.2 Å². The van der Waals surface area contributed by atoms with Gasteiger partial charge in [0.1, 0.15) is 16.6 Å². The number of nitrogens with zero attached hydrogens (tertiary/aromatic N) is 6. The second-order valence-corrected chi connectivity index (χ2v) is 10.8. The minimum absolute atomic E-state index is 0.0964. The SMILES string of the molecule is CN1CCCC12CN(c1ncc3c4c(c(-c5ncc(F)c6sc(N)c(C#N)c56)c(F)c3n1)COC4)C2. The number of fused-ring (bicyclic) bond motifs is 4. The first-order chi connectivity index (χ1) is 17.4. The minimum Gasteiger partial charge on any atom is -0.389 e. The molecule has 8 nitrogen and oxygen atoms in total. The highest BCUT2D eigenvalue weighted by atomic mass is 32.1. The van der Waals surface area contributed by atoms with Gasteiger partial charge in [0, 0.05) is 35.6 Å². The number of nitriles is 1. The van der Waals surface area contributed by atoms with E-state index in [1.54, 1.807) is 6.20 Å². The zero-order valence-corrected chi connectivity index (χ0v) is 20.3. The summed E-state index contributed by atoms with van der Waals surface area (Å²) >= 11 is 0.958. The molecule has 1 aromatic carbocycles. The van der Waals surface area contributed by atoms with E-state index < -0.39 is 11.6 Å². The van der Waals surface area contributed by atoms with Crippen LogP contribution in [0.25, 0.3) is 32.2 Å². The molecule has 3 aromatic heterocycles. The Labute approximate surface area is 208 Å². The highest BCUT2D eigenvalue weighted by molar-refractivity contribution is 7.23. The first kappa shape index (κ1) is 21.8. The molecule has 3 aliphatic rings.